The van der Waals surface area contributed by atoms with Crippen LogP contribution >= 0.6 is 15.9 Å². The second-order valence-electron chi connectivity index (χ2n) is 5.47. The van der Waals surface area contributed by atoms with Crippen LogP contribution in [0.3, 0.4) is 0 Å². The van der Waals surface area contributed by atoms with E-state index >= 15 is 0 Å². The van der Waals surface area contributed by atoms with Crippen molar-refractivity contribution in [1.82, 2.24) is 0 Å². The Morgan fingerprint density at radius 2 is 2.16 bits per heavy atom. The highest BCUT2D eigenvalue weighted by atomic mass is 79.9. The fourth-order valence-corrected chi connectivity index (χ4v) is 3.42. The number of benzene rings is 1. The van der Waals surface area contributed by atoms with Gasteiger partial charge in [-0.25, -0.2) is 0 Å². The van der Waals surface area contributed by atoms with E-state index in [2.05, 4.69) is 41.9 Å². The SMILES string of the molecule is CC(C)CC(Br)Cc1ccc2c(c1)N(C)C(=O)CO2. The summed E-state index contributed by atoms with van der Waals surface area (Å²) in [4.78, 5) is 13.8. The summed E-state index contributed by atoms with van der Waals surface area (Å²) in [7, 11) is 1.80. The summed E-state index contributed by atoms with van der Waals surface area (Å²) in [6.07, 6.45) is 2.11. The molecule has 1 aromatic rings. The Morgan fingerprint density at radius 3 is 2.84 bits per heavy atom. The van der Waals surface area contributed by atoms with Gasteiger partial charge in [0.1, 0.15) is 5.75 Å². The van der Waals surface area contributed by atoms with Gasteiger partial charge in [0.15, 0.2) is 6.61 Å². The van der Waals surface area contributed by atoms with Crippen LogP contribution in [0.15, 0.2) is 18.2 Å². The highest BCUT2D eigenvalue weighted by molar-refractivity contribution is 9.09. The van der Waals surface area contributed by atoms with Crippen molar-refractivity contribution in [3.05, 3.63) is 23.8 Å². The van der Waals surface area contributed by atoms with Gasteiger partial charge in [-0.3, -0.25) is 4.79 Å². The maximum Gasteiger partial charge on any atom is 0.264 e. The van der Waals surface area contributed by atoms with Crippen LogP contribution in [0.4, 0.5) is 5.69 Å². The van der Waals surface area contributed by atoms with Crippen molar-refractivity contribution in [2.45, 2.75) is 31.5 Å². The van der Waals surface area contributed by atoms with E-state index in [1.54, 1.807) is 11.9 Å². The second-order valence-corrected chi connectivity index (χ2v) is 6.77. The van der Waals surface area contributed by atoms with Crippen molar-refractivity contribution >= 4 is 27.5 Å². The summed E-state index contributed by atoms with van der Waals surface area (Å²) in [5, 5.41) is 0. The zero-order valence-corrected chi connectivity index (χ0v) is 13.2. The summed E-state index contributed by atoms with van der Waals surface area (Å²) in [6, 6.07) is 6.10. The van der Waals surface area contributed by atoms with Crippen LogP contribution in [0.2, 0.25) is 0 Å². The molecule has 104 valence electrons. The third kappa shape index (κ3) is 3.50. The molecule has 1 aliphatic rings. The Morgan fingerprint density at radius 1 is 1.42 bits per heavy atom. The Labute approximate surface area is 123 Å². The van der Waals surface area contributed by atoms with E-state index in [4.69, 9.17) is 4.74 Å². The molecule has 0 aromatic heterocycles. The first-order chi connectivity index (χ1) is 8.97. The molecule has 1 aliphatic heterocycles. The van der Waals surface area contributed by atoms with Gasteiger partial charge in [0.25, 0.3) is 5.91 Å². The minimum Gasteiger partial charge on any atom is -0.482 e. The van der Waals surface area contributed by atoms with E-state index in [1.165, 1.54) is 5.56 Å². The number of carbonyl (C=O) groups is 1. The quantitative estimate of drug-likeness (QED) is 0.794. The fraction of sp³-hybridized carbons (Fsp3) is 0.533. The minimum atomic E-state index is 0.00206. The Bertz CT molecular complexity index is 473. The molecular formula is C15H20BrNO2. The summed E-state index contributed by atoms with van der Waals surface area (Å²) in [5.41, 5.74) is 2.10. The summed E-state index contributed by atoms with van der Waals surface area (Å²) in [5.74, 6) is 1.47. The van der Waals surface area contributed by atoms with Gasteiger partial charge in [-0.1, -0.05) is 35.8 Å². The molecule has 0 saturated heterocycles. The number of carbonyl (C=O) groups excluding carboxylic acids is 1. The van der Waals surface area contributed by atoms with Gasteiger partial charge in [-0.2, -0.15) is 0 Å². The first-order valence-electron chi connectivity index (χ1n) is 6.63. The number of hydrogen-bond acceptors (Lipinski definition) is 2. The molecule has 0 N–H and O–H groups in total. The van der Waals surface area contributed by atoms with Gasteiger partial charge in [0.05, 0.1) is 5.69 Å². The van der Waals surface area contributed by atoms with E-state index < -0.39 is 0 Å². The molecular weight excluding hydrogens is 306 g/mol. The van der Waals surface area contributed by atoms with E-state index in [-0.39, 0.29) is 12.5 Å². The first kappa shape index (κ1) is 14.4. The van der Waals surface area contributed by atoms with Gasteiger partial charge in [-0.05, 0) is 36.5 Å². The summed E-state index contributed by atoms with van der Waals surface area (Å²) < 4.78 is 5.43. The van der Waals surface area contributed by atoms with Gasteiger partial charge in [0.2, 0.25) is 0 Å². The molecule has 1 aromatic carbocycles. The van der Waals surface area contributed by atoms with Crippen molar-refractivity contribution in [3.8, 4) is 5.75 Å². The van der Waals surface area contributed by atoms with Crippen molar-refractivity contribution in [2.75, 3.05) is 18.6 Å². The molecule has 0 fully saturated rings. The van der Waals surface area contributed by atoms with Gasteiger partial charge in [-0.15, -0.1) is 0 Å². The normalized spacial score (nSPS) is 16.3. The molecule has 2 rings (SSSR count). The predicted molar refractivity (Wildman–Crippen MR) is 81.2 cm³/mol. The number of halogens is 1. The molecule has 19 heavy (non-hydrogen) atoms. The maximum absolute atomic E-state index is 11.6. The Kier molecular flexibility index (Phi) is 4.50. The van der Waals surface area contributed by atoms with Crippen molar-refractivity contribution in [2.24, 2.45) is 5.92 Å². The first-order valence-corrected chi connectivity index (χ1v) is 7.55. The number of nitrogens with zero attached hydrogens (tertiary/aromatic N) is 1. The molecule has 1 atom stereocenters. The third-order valence-corrected chi connectivity index (χ3v) is 3.99. The highest BCUT2D eigenvalue weighted by Gasteiger charge is 2.22. The standard InChI is InChI=1S/C15H20BrNO2/c1-10(2)6-12(16)7-11-4-5-14-13(8-11)17(3)15(18)9-19-14/h4-5,8,10,12H,6-7,9H2,1-3H3. The lowest BCUT2D eigenvalue weighted by Crippen LogP contribution is -2.35. The molecule has 0 saturated carbocycles. The fourth-order valence-electron chi connectivity index (χ4n) is 2.30. The molecule has 0 spiro atoms. The highest BCUT2D eigenvalue weighted by Crippen LogP contribution is 2.33. The average Bonchev–Trinajstić information content (AvgIpc) is 2.33. The van der Waals surface area contributed by atoms with Gasteiger partial charge in [0, 0.05) is 11.9 Å². The zero-order valence-electron chi connectivity index (χ0n) is 11.6. The number of ether oxygens (including phenoxy) is 1. The number of rotatable bonds is 4. The van der Waals surface area contributed by atoms with Crippen LogP contribution in [-0.2, 0) is 11.2 Å². The number of hydrogen-bond donors (Lipinski definition) is 0. The van der Waals surface area contributed by atoms with Crippen LogP contribution in [-0.4, -0.2) is 24.4 Å². The maximum atomic E-state index is 11.6. The van der Waals surface area contributed by atoms with Gasteiger partial charge < -0.3 is 9.64 Å². The number of fused-ring (bicyclic) bond motifs is 1. The predicted octanol–water partition coefficient (Wildman–Crippen LogP) is 3.39. The van der Waals surface area contributed by atoms with Crippen molar-refractivity contribution in [3.63, 3.8) is 0 Å². The lowest BCUT2D eigenvalue weighted by molar-refractivity contribution is -0.120. The zero-order chi connectivity index (χ0) is 14.0. The van der Waals surface area contributed by atoms with E-state index in [1.807, 2.05) is 6.07 Å². The van der Waals surface area contributed by atoms with Crippen LogP contribution < -0.4 is 9.64 Å². The number of amides is 1. The van der Waals surface area contributed by atoms with Crippen LogP contribution in [0, 0.1) is 5.92 Å². The van der Waals surface area contributed by atoms with Gasteiger partial charge >= 0.3 is 0 Å². The van der Waals surface area contributed by atoms with Crippen molar-refractivity contribution < 1.29 is 9.53 Å². The topological polar surface area (TPSA) is 29.5 Å². The number of likely N-dealkylation sites (N-methyl/N-ethyl adjacent to an activating group) is 1. The van der Waals surface area contributed by atoms with Crippen LogP contribution in [0.5, 0.6) is 5.75 Å². The van der Waals surface area contributed by atoms with E-state index in [9.17, 15) is 4.79 Å². The monoisotopic (exact) mass is 325 g/mol. The summed E-state index contributed by atoms with van der Waals surface area (Å²) in [6.45, 7) is 4.58. The van der Waals surface area contributed by atoms with Crippen LogP contribution in [0.1, 0.15) is 25.8 Å². The summed E-state index contributed by atoms with van der Waals surface area (Å²) >= 11 is 3.73. The lowest BCUT2D eigenvalue weighted by atomic mass is 10.0. The molecule has 3 nitrogen and oxygen atoms in total. The molecule has 1 unspecified atom stereocenters. The molecule has 0 bridgehead atoms. The van der Waals surface area contributed by atoms with Crippen molar-refractivity contribution in [1.29, 1.82) is 0 Å². The Hall–Kier alpha value is -1.03. The smallest absolute Gasteiger partial charge is 0.264 e. The second kappa shape index (κ2) is 5.95. The Balaban J connectivity index is 2.14. The third-order valence-electron chi connectivity index (χ3n) is 3.29. The largest absolute Gasteiger partial charge is 0.482 e. The lowest BCUT2D eigenvalue weighted by Gasteiger charge is -2.26. The molecule has 1 heterocycles. The van der Waals surface area contributed by atoms with E-state index in [0.717, 1.165) is 24.3 Å². The minimum absolute atomic E-state index is 0.00206. The molecule has 0 aliphatic carbocycles. The number of alkyl halides is 1. The van der Waals surface area contributed by atoms with Crippen LogP contribution in [0.25, 0.3) is 0 Å². The molecule has 4 heteroatoms. The molecule has 0 radical (unpaired) electrons. The van der Waals surface area contributed by atoms with E-state index in [0.29, 0.717) is 10.7 Å². The average molecular weight is 326 g/mol. The molecule has 1 amide bonds. The number of anilines is 1.